The molecule has 2 rings (SSSR count). The van der Waals surface area contributed by atoms with E-state index in [1.165, 1.54) is 0 Å². The first-order valence-corrected chi connectivity index (χ1v) is 10.1. The van der Waals surface area contributed by atoms with Gasteiger partial charge in [-0.2, -0.15) is 0 Å². The van der Waals surface area contributed by atoms with Crippen molar-refractivity contribution in [3.05, 3.63) is 35.9 Å². The van der Waals surface area contributed by atoms with Crippen molar-refractivity contribution in [1.82, 2.24) is 0 Å². The number of carbonyl (C=O) groups is 1. The fourth-order valence-corrected chi connectivity index (χ4v) is 5.12. The number of benzene rings is 1. The Balaban J connectivity index is 1.92. The molecule has 0 radical (unpaired) electrons. The molecule has 0 aromatic heterocycles. The van der Waals surface area contributed by atoms with Gasteiger partial charge >= 0.3 is 5.97 Å². The zero-order valence-corrected chi connectivity index (χ0v) is 14.4. The lowest BCUT2D eigenvalue weighted by Crippen LogP contribution is -2.23. The lowest BCUT2D eigenvalue weighted by molar-refractivity contribution is -0.144. The molecule has 128 valence electrons. The van der Waals surface area contributed by atoms with Gasteiger partial charge in [0, 0.05) is 19.2 Å². The van der Waals surface area contributed by atoms with Crippen LogP contribution in [0.15, 0.2) is 30.3 Å². The molecule has 3 unspecified atom stereocenters. The predicted octanol–water partition coefficient (Wildman–Crippen LogP) is 3.35. The van der Waals surface area contributed by atoms with Gasteiger partial charge in [0.25, 0.3) is 0 Å². The number of carbonyl (C=O) groups excluding carboxylic acids is 1. The minimum atomic E-state index is -3.38. The zero-order valence-electron chi connectivity index (χ0n) is 13.5. The van der Waals surface area contributed by atoms with E-state index in [0.29, 0.717) is 26.1 Å². The fraction of sp³-hybridized carbons (Fsp3) is 0.588. The Kier molecular flexibility index (Phi) is 6.82. The van der Waals surface area contributed by atoms with E-state index in [1.807, 2.05) is 37.3 Å². The van der Waals surface area contributed by atoms with E-state index in [9.17, 15) is 14.3 Å². The van der Waals surface area contributed by atoms with Crippen molar-refractivity contribution in [2.45, 2.75) is 50.5 Å². The topological polar surface area (TPSA) is 72.8 Å². The van der Waals surface area contributed by atoms with Gasteiger partial charge < -0.3 is 14.4 Å². The molecule has 1 fully saturated rings. The Hall–Kier alpha value is -1.16. The van der Waals surface area contributed by atoms with E-state index < -0.39 is 13.0 Å². The molecule has 0 saturated carbocycles. The second-order valence-electron chi connectivity index (χ2n) is 5.92. The van der Waals surface area contributed by atoms with Crippen molar-refractivity contribution < 1.29 is 23.7 Å². The highest BCUT2D eigenvalue weighted by atomic mass is 31.2. The quantitative estimate of drug-likeness (QED) is 0.580. The Morgan fingerprint density at radius 1 is 1.39 bits per heavy atom. The predicted molar refractivity (Wildman–Crippen MR) is 88.6 cm³/mol. The Morgan fingerprint density at radius 3 is 2.83 bits per heavy atom. The molecule has 1 aromatic rings. The Bertz CT molecular complexity index is 545. The minimum absolute atomic E-state index is 0.151. The van der Waals surface area contributed by atoms with Crippen LogP contribution >= 0.6 is 7.37 Å². The van der Waals surface area contributed by atoms with Gasteiger partial charge in [-0.1, -0.05) is 37.3 Å². The molecule has 5 nitrogen and oxygen atoms in total. The van der Waals surface area contributed by atoms with Crippen LogP contribution in [0.25, 0.3) is 0 Å². The summed E-state index contributed by atoms with van der Waals surface area (Å²) in [4.78, 5) is 22.1. The first-order valence-electron chi connectivity index (χ1n) is 8.15. The van der Waals surface area contributed by atoms with Gasteiger partial charge in [0.05, 0.1) is 18.4 Å². The van der Waals surface area contributed by atoms with Crippen LogP contribution in [0.2, 0.25) is 0 Å². The molecular weight excluding hydrogens is 315 g/mol. The van der Waals surface area contributed by atoms with Crippen molar-refractivity contribution in [2.75, 3.05) is 13.2 Å². The summed E-state index contributed by atoms with van der Waals surface area (Å²) in [6, 6.07) is 9.32. The number of esters is 1. The molecule has 0 aliphatic carbocycles. The normalized spacial score (nSPS) is 23.4. The van der Waals surface area contributed by atoms with Crippen LogP contribution in [0, 0.1) is 0 Å². The van der Waals surface area contributed by atoms with Crippen molar-refractivity contribution >= 4 is 13.3 Å². The summed E-state index contributed by atoms with van der Waals surface area (Å²) in [5.74, 6) is -0.267. The average Bonchev–Trinajstić information content (AvgIpc) is 3.01. The molecule has 0 spiro atoms. The van der Waals surface area contributed by atoms with Gasteiger partial charge in [-0.05, 0) is 24.8 Å². The fourth-order valence-electron chi connectivity index (χ4n) is 2.88. The molecule has 0 amide bonds. The van der Waals surface area contributed by atoms with Crippen molar-refractivity contribution in [3.8, 4) is 0 Å². The largest absolute Gasteiger partial charge is 0.466 e. The third-order valence-corrected chi connectivity index (χ3v) is 6.49. The van der Waals surface area contributed by atoms with Crippen LogP contribution in [0.4, 0.5) is 0 Å². The monoisotopic (exact) mass is 340 g/mol. The number of hydrogen-bond donors (Lipinski definition) is 1. The van der Waals surface area contributed by atoms with Crippen molar-refractivity contribution in [3.63, 3.8) is 0 Å². The molecule has 0 bridgehead atoms. The summed E-state index contributed by atoms with van der Waals surface area (Å²) in [7, 11) is -3.38. The number of rotatable bonds is 8. The lowest BCUT2D eigenvalue weighted by atomic mass is 10.1. The van der Waals surface area contributed by atoms with Crippen LogP contribution in [0.3, 0.4) is 0 Å². The van der Waals surface area contributed by atoms with Gasteiger partial charge in [-0.15, -0.1) is 0 Å². The lowest BCUT2D eigenvalue weighted by Gasteiger charge is -2.23. The van der Waals surface area contributed by atoms with Crippen LogP contribution in [0.5, 0.6) is 0 Å². The summed E-state index contributed by atoms with van der Waals surface area (Å²) >= 11 is 0. The average molecular weight is 340 g/mol. The summed E-state index contributed by atoms with van der Waals surface area (Å²) in [6.07, 6.45) is 1.83. The van der Waals surface area contributed by atoms with E-state index in [1.54, 1.807) is 0 Å². The minimum Gasteiger partial charge on any atom is -0.466 e. The molecule has 1 aliphatic heterocycles. The van der Waals surface area contributed by atoms with E-state index in [4.69, 9.17) is 9.47 Å². The van der Waals surface area contributed by atoms with E-state index in [0.717, 1.165) is 12.0 Å². The molecule has 1 heterocycles. The molecule has 3 atom stereocenters. The van der Waals surface area contributed by atoms with Gasteiger partial charge in [0.1, 0.15) is 0 Å². The highest BCUT2D eigenvalue weighted by Crippen LogP contribution is 2.55. The maximum atomic E-state index is 12.8. The van der Waals surface area contributed by atoms with Gasteiger partial charge in [-0.3, -0.25) is 9.36 Å². The Labute approximate surface area is 137 Å². The van der Waals surface area contributed by atoms with Gasteiger partial charge in [-0.25, -0.2) is 0 Å². The number of hydrogen-bond acceptors (Lipinski definition) is 4. The van der Waals surface area contributed by atoms with Crippen LogP contribution in [-0.2, 0) is 25.0 Å². The Morgan fingerprint density at radius 2 is 2.13 bits per heavy atom. The van der Waals surface area contributed by atoms with Crippen molar-refractivity contribution in [2.24, 2.45) is 0 Å². The molecule has 1 N–H and O–H groups in total. The molecule has 1 aliphatic rings. The van der Waals surface area contributed by atoms with Gasteiger partial charge in [0.15, 0.2) is 0 Å². The summed E-state index contributed by atoms with van der Waals surface area (Å²) < 4.78 is 23.4. The van der Waals surface area contributed by atoms with Crippen LogP contribution in [-0.4, -0.2) is 35.8 Å². The first kappa shape index (κ1) is 18.2. The molecular formula is C17H25O5P. The van der Waals surface area contributed by atoms with Gasteiger partial charge in [0.2, 0.25) is 7.37 Å². The zero-order chi connectivity index (χ0) is 16.7. The summed E-state index contributed by atoms with van der Waals surface area (Å²) in [6.45, 7) is 2.83. The highest BCUT2D eigenvalue weighted by molar-refractivity contribution is 7.58. The van der Waals surface area contributed by atoms with E-state index in [2.05, 4.69) is 0 Å². The van der Waals surface area contributed by atoms with E-state index >= 15 is 0 Å². The molecule has 23 heavy (non-hydrogen) atoms. The third kappa shape index (κ3) is 5.45. The molecule has 6 heteroatoms. The smallest absolute Gasteiger partial charge is 0.305 e. The van der Waals surface area contributed by atoms with E-state index in [-0.39, 0.29) is 24.7 Å². The summed E-state index contributed by atoms with van der Waals surface area (Å²) in [5, 5.41) is 0. The standard InChI is InChI=1S/C17H25O5P/c1-2-11-22-17(18)9-8-15-16(10-12-21-15)23(19,20)13-14-6-4-3-5-7-14/h3-7,15-16H,2,8-13H2,1H3,(H,19,20). The SMILES string of the molecule is CCCOC(=O)CCC1OCCC1P(=O)(O)Cc1ccccc1. The highest BCUT2D eigenvalue weighted by Gasteiger charge is 2.41. The maximum Gasteiger partial charge on any atom is 0.305 e. The molecule has 1 aromatic carbocycles. The van der Waals surface area contributed by atoms with Crippen molar-refractivity contribution in [1.29, 1.82) is 0 Å². The van der Waals surface area contributed by atoms with Crippen LogP contribution in [0.1, 0.15) is 38.2 Å². The second-order valence-corrected chi connectivity index (χ2v) is 8.41. The molecule has 1 saturated heterocycles. The maximum absolute atomic E-state index is 12.8. The third-order valence-electron chi connectivity index (χ3n) is 4.05. The second kappa shape index (κ2) is 8.62. The summed E-state index contributed by atoms with van der Waals surface area (Å²) in [5.41, 5.74) is 0.452. The number of ether oxygens (including phenoxy) is 2. The first-order chi connectivity index (χ1) is 11.0. The van der Waals surface area contributed by atoms with Crippen LogP contribution < -0.4 is 0 Å².